The van der Waals surface area contributed by atoms with Crippen LogP contribution in [0.1, 0.15) is 12.6 Å². The molecule has 2 nitrogen and oxygen atoms in total. The zero-order valence-electron chi connectivity index (χ0n) is 8.24. The molecule has 2 N–H and O–H groups in total. The molecule has 0 amide bonds. The van der Waals surface area contributed by atoms with E-state index in [0.29, 0.717) is 0 Å². The lowest BCUT2D eigenvalue weighted by atomic mass is 10.2. The summed E-state index contributed by atoms with van der Waals surface area (Å²) in [4.78, 5) is 5.77. The van der Waals surface area contributed by atoms with Gasteiger partial charge in [0.25, 0.3) is 0 Å². The number of thiophene rings is 1. The van der Waals surface area contributed by atoms with Crippen LogP contribution in [0.15, 0.2) is 21.3 Å². The molecule has 0 radical (unpaired) electrons. The van der Waals surface area contributed by atoms with Gasteiger partial charge in [-0.2, -0.15) is 0 Å². The Morgan fingerprint density at radius 1 is 1.53 bits per heavy atom. The number of hydrogen-bond acceptors (Lipinski definition) is 4. The van der Waals surface area contributed by atoms with Gasteiger partial charge in [0.05, 0.1) is 14.4 Å². The van der Waals surface area contributed by atoms with Gasteiger partial charge < -0.3 is 5.73 Å². The molecule has 1 atom stereocenters. The Morgan fingerprint density at radius 3 is 2.93 bits per heavy atom. The van der Waals surface area contributed by atoms with Gasteiger partial charge in [-0.05, 0) is 35.0 Å². The molecule has 0 aliphatic heterocycles. The Labute approximate surface area is 105 Å². The van der Waals surface area contributed by atoms with Gasteiger partial charge in [0.1, 0.15) is 5.01 Å². The lowest BCUT2D eigenvalue weighted by Gasteiger charge is -1.99. The Bertz CT molecular complexity index is 448. The fraction of sp³-hybridized carbons (Fsp3) is 0.300. The van der Waals surface area contributed by atoms with Gasteiger partial charge in [-0.15, -0.1) is 22.7 Å². The molecule has 2 aromatic heterocycles. The van der Waals surface area contributed by atoms with Crippen LogP contribution in [0.2, 0.25) is 0 Å². The Morgan fingerprint density at radius 2 is 2.33 bits per heavy atom. The van der Waals surface area contributed by atoms with E-state index in [4.69, 9.17) is 5.73 Å². The number of rotatable bonds is 3. The third-order valence-corrected chi connectivity index (χ3v) is 4.55. The van der Waals surface area contributed by atoms with Crippen molar-refractivity contribution in [2.45, 2.75) is 19.4 Å². The zero-order chi connectivity index (χ0) is 10.8. The van der Waals surface area contributed by atoms with Crippen LogP contribution in [0.4, 0.5) is 0 Å². The van der Waals surface area contributed by atoms with Gasteiger partial charge >= 0.3 is 0 Å². The monoisotopic (exact) mass is 302 g/mol. The van der Waals surface area contributed by atoms with E-state index in [-0.39, 0.29) is 6.04 Å². The van der Waals surface area contributed by atoms with Crippen molar-refractivity contribution in [3.05, 3.63) is 27.0 Å². The fourth-order valence-electron chi connectivity index (χ4n) is 1.27. The summed E-state index contributed by atoms with van der Waals surface area (Å²) in [5.74, 6) is 0. The summed E-state index contributed by atoms with van der Waals surface area (Å²) in [6, 6.07) is 4.31. The molecule has 15 heavy (non-hydrogen) atoms. The van der Waals surface area contributed by atoms with Crippen molar-refractivity contribution in [3.63, 3.8) is 0 Å². The van der Waals surface area contributed by atoms with Gasteiger partial charge in [0.15, 0.2) is 0 Å². The molecule has 2 aromatic rings. The quantitative estimate of drug-likeness (QED) is 0.942. The normalized spacial score (nSPS) is 13.0. The molecule has 0 aromatic carbocycles. The minimum Gasteiger partial charge on any atom is -0.328 e. The highest BCUT2D eigenvalue weighted by molar-refractivity contribution is 9.11. The second-order valence-corrected chi connectivity index (χ2v) is 6.75. The van der Waals surface area contributed by atoms with Crippen molar-refractivity contribution in [1.82, 2.24) is 4.98 Å². The van der Waals surface area contributed by atoms with E-state index in [1.54, 1.807) is 22.7 Å². The summed E-state index contributed by atoms with van der Waals surface area (Å²) in [7, 11) is 0. The van der Waals surface area contributed by atoms with Crippen molar-refractivity contribution in [1.29, 1.82) is 0 Å². The molecule has 0 bridgehead atoms. The van der Waals surface area contributed by atoms with Crippen LogP contribution in [-0.4, -0.2) is 11.0 Å². The second-order valence-electron chi connectivity index (χ2n) is 3.43. The minimum atomic E-state index is 0.176. The van der Waals surface area contributed by atoms with E-state index in [1.807, 2.05) is 13.0 Å². The molecule has 1 unspecified atom stereocenters. The standard InChI is InChI=1S/C10H11BrN2S2/c1-6(12)4-7-5-14-10(13-7)8-2-3-9(11)15-8/h2-3,5-6H,4,12H2,1H3. The molecule has 0 saturated carbocycles. The topological polar surface area (TPSA) is 38.9 Å². The lowest BCUT2D eigenvalue weighted by Crippen LogP contribution is -2.17. The van der Waals surface area contributed by atoms with Crippen LogP contribution < -0.4 is 5.73 Å². The van der Waals surface area contributed by atoms with Crippen LogP contribution >= 0.6 is 38.6 Å². The van der Waals surface area contributed by atoms with E-state index in [9.17, 15) is 0 Å². The van der Waals surface area contributed by atoms with Gasteiger partial charge in [0, 0.05) is 17.8 Å². The summed E-state index contributed by atoms with van der Waals surface area (Å²) in [6.07, 6.45) is 0.850. The number of halogens is 1. The molecular weight excluding hydrogens is 292 g/mol. The van der Waals surface area contributed by atoms with Crippen molar-refractivity contribution in [2.75, 3.05) is 0 Å². The van der Waals surface area contributed by atoms with Gasteiger partial charge in [0.2, 0.25) is 0 Å². The molecule has 0 aliphatic rings. The van der Waals surface area contributed by atoms with Gasteiger partial charge in [-0.25, -0.2) is 4.98 Å². The molecule has 0 fully saturated rings. The number of nitrogens with zero attached hydrogens (tertiary/aromatic N) is 1. The summed E-state index contributed by atoms with van der Waals surface area (Å²) < 4.78 is 1.14. The van der Waals surface area contributed by atoms with Crippen LogP contribution in [0, 0.1) is 0 Å². The fourth-order valence-corrected chi connectivity index (χ4v) is 3.56. The predicted octanol–water partition coefficient (Wildman–Crippen LogP) is 3.52. The van der Waals surface area contributed by atoms with E-state index in [1.165, 1.54) is 4.88 Å². The lowest BCUT2D eigenvalue weighted by molar-refractivity contribution is 0.726. The molecular formula is C10H11BrN2S2. The molecule has 0 spiro atoms. The molecule has 0 saturated heterocycles. The Kier molecular flexibility index (Phi) is 3.56. The van der Waals surface area contributed by atoms with E-state index in [2.05, 4.69) is 32.4 Å². The maximum Gasteiger partial charge on any atom is 0.133 e. The molecule has 5 heteroatoms. The van der Waals surface area contributed by atoms with Gasteiger partial charge in [-0.1, -0.05) is 0 Å². The summed E-state index contributed by atoms with van der Waals surface area (Å²) in [5.41, 5.74) is 6.83. The third kappa shape index (κ3) is 2.87. The largest absolute Gasteiger partial charge is 0.328 e. The summed E-state index contributed by atoms with van der Waals surface area (Å²) in [6.45, 7) is 2.00. The SMILES string of the molecule is CC(N)Cc1csc(-c2ccc(Br)s2)n1. The number of thiazole rings is 1. The van der Waals surface area contributed by atoms with E-state index >= 15 is 0 Å². The van der Waals surface area contributed by atoms with E-state index < -0.39 is 0 Å². The average Bonchev–Trinajstić information content (AvgIpc) is 2.72. The highest BCUT2D eigenvalue weighted by atomic mass is 79.9. The highest BCUT2D eigenvalue weighted by Crippen LogP contribution is 2.33. The number of hydrogen-bond donors (Lipinski definition) is 1. The third-order valence-electron chi connectivity index (χ3n) is 1.87. The maximum atomic E-state index is 5.74. The Hall–Kier alpha value is -0.230. The predicted molar refractivity (Wildman–Crippen MR) is 70.5 cm³/mol. The molecule has 2 rings (SSSR count). The van der Waals surface area contributed by atoms with Crippen molar-refractivity contribution in [3.8, 4) is 9.88 Å². The zero-order valence-corrected chi connectivity index (χ0v) is 11.5. The molecule has 0 aliphatic carbocycles. The maximum absolute atomic E-state index is 5.74. The van der Waals surface area contributed by atoms with Gasteiger partial charge in [-0.3, -0.25) is 0 Å². The highest BCUT2D eigenvalue weighted by Gasteiger charge is 2.08. The smallest absolute Gasteiger partial charge is 0.133 e. The average molecular weight is 303 g/mol. The van der Waals surface area contributed by atoms with Crippen LogP contribution in [0.3, 0.4) is 0 Å². The second kappa shape index (κ2) is 4.74. The number of aromatic nitrogens is 1. The van der Waals surface area contributed by atoms with Crippen LogP contribution in [0.5, 0.6) is 0 Å². The molecule has 80 valence electrons. The Balaban J connectivity index is 2.20. The minimum absolute atomic E-state index is 0.176. The first-order chi connectivity index (χ1) is 7.15. The van der Waals surface area contributed by atoms with Crippen molar-refractivity contribution in [2.24, 2.45) is 5.73 Å². The summed E-state index contributed by atoms with van der Waals surface area (Å²) in [5, 5.41) is 3.17. The van der Waals surface area contributed by atoms with Crippen LogP contribution in [0.25, 0.3) is 9.88 Å². The first-order valence-electron chi connectivity index (χ1n) is 4.61. The van der Waals surface area contributed by atoms with E-state index in [0.717, 1.165) is 20.9 Å². The number of nitrogens with two attached hydrogens (primary N) is 1. The first-order valence-corrected chi connectivity index (χ1v) is 7.10. The first kappa shape index (κ1) is 11.3. The molecule has 2 heterocycles. The van der Waals surface area contributed by atoms with Crippen molar-refractivity contribution >= 4 is 38.6 Å². The summed E-state index contributed by atoms with van der Waals surface area (Å²) >= 11 is 6.84. The van der Waals surface area contributed by atoms with Crippen molar-refractivity contribution < 1.29 is 0 Å². The van der Waals surface area contributed by atoms with Crippen LogP contribution in [-0.2, 0) is 6.42 Å².